The molecule has 0 bridgehead atoms. The van der Waals surface area contributed by atoms with Crippen LogP contribution in [0.15, 0.2) is 23.8 Å². The Morgan fingerprint density at radius 3 is 1.88 bits per heavy atom. The van der Waals surface area contributed by atoms with Crippen LogP contribution in [0.3, 0.4) is 0 Å². The third-order valence-corrected chi connectivity index (χ3v) is 3.07. The highest BCUT2D eigenvalue weighted by Crippen LogP contribution is 2.13. The third-order valence-electron chi connectivity index (χ3n) is 3.07. The molecule has 16 heavy (non-hydrogen) atoms. The van der Waals surface area contributed by atoms with E-state index in [9.17, 15) is 0 Å². The molecular formula is C16H30. The Kier molecular flexibility index (Phi) is 12.1. The zero-order valence-corrected chi connectivity index (χ0v) is 11.6. The van der Waals surface area contributed by atoms with E-state index in [1.807, 2.05) is 0 Å². The van der Waals surface area contributed by atoms with Crippen LogP contribution in [-0.2, 0) is 0 Å². The standard InChI is InChI=1S/C16H30/c1-4-7-8-9-10-11-12-13-15-16(6-3)14-5-2/h5-6,14H,4,7-13,15H2,1-3H3/b14-5-,16-6+. The zero-order valence-electron chi connectivity index (χ0n) is 11.6. The molecule has 0 rings (SSSR count). The van der Waals surface area contributed by atoms with Gasteiger partial charge < -0.3 is 0 Å². The lowest BCUT2D eigenvalue weighted by Gasteiger charge is -2.02. The van der Waals surface area contributed by atoms with Crippen LogP contribution >= 0.6 is 0 Å². The summed E-state index contributed by atoms with van der Waals surface area (Å²) in [5, 5.41) is 0. The molecule has 0 radical (unpaired) electrons. The molecule has 0 heteroatoms. The SMILES string of the molecule is C/C=C\C(=C/C)CCCCCCCCCC. The number of hydrogen-bond acceptors (Lipinski definition) is 0. The van der Waals surface area contributed by atoms with E-state index in [0.29, 0.717) is 0 Å². The summed E-state index contributed by atoms with van der Waals surface area (Å²) < 4.78 is 0. The molecule has 0 fully saturated rings. The van der Waals surface area contributed by atoms with Crippen LogP contribution < -0.4 is 0 Å². The summed E-state index contributed by atoms with van der Waals surface area (Å²) in [6, 6.07) is 0. The first-order chi connectivity index (χ1) is 7.85. The molecule has 94 valence electrons. The van der Waals surface area contributed by atoms with Crippen molar-refractivity contribution in [1.29, 1.82) is 0 Å². The fourth-order valence-corrected chi connectivity index (χ4v) is 2.00. The van der Waals surface area contributed by atoms with E-state index >= 15 is 0 Å². The summed E-state index contributed by atoms with van der Waals surface area (Å²) in [6.07, 6.45) is 19.2. The molecule has 0 aromatic rings. The van der Waals surface area contributed by atoms with Gasteiger partial charge in [-0.25, -0.2) is 0 Å². The van der Waals surface area contributed by atoms with Gasteiger partial charge in [-0.05, 0) is 26.7 Å². The molecule has 0 aliphatic rings. The van der Waals surface area contributed by atoms with E-state index in [1.54, 1.807) is 0 Å². The Labute approximate surface area is 103 Å². The summed E-state index contributed by atoms with van der Waals surface area (Å²) in [5.74, 6) is 0. The van der Waals surface area contributed by atoms with E-state index in [2.05, 4.69) is 39.0 Å². The summed E-state index contributed by atoms with van der Waals surface area (Å²) in [4.78, 5) is 0. The highest BCUT2D eigenvalue weighted by Gasteiger charge is 1.93. The van der Waals surface area contributed by atoms with Gasteiger partial charge in [-0.15, -0.1) is 0 Å². The lowest BCUT2D eigenvalue weighted by molar-refractivity contribution is 0.576. The average Bonchev–Trinajstić information content (AvgIpc) is 2.31. The smallest absolute Gasteiger partial charge is 0.0282 e. The Morgan fingerprint density at radius 2 is 1.38 bits per heavy atom. The van der Waals surface area contributed by atoms with Crippen molar-refractivity contribution in [3.8, 4) is 0 Å². The second-order valence-corrected chi connectivity index (χ2v) is 4.59. The minimum atomic E-state index is 1.26. The largest absolute Gasteiger partial charge is 0.0874 e. The van der Waals surface area contributed by atoms with Crippen molar-refractivity contribution in [3.05, 3.63) is 23.8 Å². The number of hydrogen-bond donors (Lipinski definition) is 0. The zero-order chi connectivity index (χ0) is 12.1. The topological polar surface area (TPSA) is 0 Å². The summed E-state index contributed by atoms with van der Waals surface area (Å²) in [7, 11) is 0. The predicted octanol–water partition coefficient (Wildman–Crippen LogP) is 6.04. The van der Waals surface area contributed by atoms with E-state index in [4.69, 9.17) is 0 Å². The second kappa shape index (κ2) is 12.5. The molecule has 0 atom stereocenters. The monoisotopic (exact) mass is 222 g/mol. The second-order valence-electron chi connectivity index (χ2n) is 4.59. The summed E-state index contributed by atoms with van der Waals surface area (Å²) in [5.41, 5.74) is 1.49. The normalized spacial score (nSPS) is 12.6. The van der Waals surface area contributed by atoms with E-state index in [1.165, 1.54) is 63.4 Å². The fourth-order valence-electron chi connectivity index (χ4n) is 2.00. The highest BCUT2D eigenvalue weighted by molar-refractivity contribution is 5.16. The van der Waals surface area contributed by atoms with Gasteiger partial charge in [-0.1, -0.05) is 75.7 Å². The van der Waals surface area contributed by atoms with Crippen LogP contribution in [0.5, 0.6) is 0 Å². The maximum Gasteiger partial charge on any atom is -0.0282 e. The van der Waals surface area contributed by atoms with E-state index in [-0.39, 0.29) is 0 Å². The van der Waals surface area contributed by atoms with Crippen molar-refractivity contribution in [3.63, 3.8) is 0 Å². The molecule has 0 saturated heterocycles. The van der Waals surface area contributed by atoms with Gasteiger partial charge in [0, 0.05) is 0 Å². The molecule has 0 aliphatic carbocycles. The van der Waals surface area contributed by atoms with Crippen LogP contribution in [0.1, 0.15) is 78.6 Å². The van der Waals surface area contributed by atoms with Crippen LogP contribution in [-0.4, -0.2) is 0 Å². The Balaban J connectivity index is 3.26. The molecule has 0 nitrogen and oxygen atoms in total. The molecule has 0 unspecified atom stereocenters. The number of allylic oxidation sites excluding steroid dienone is 4. The Bertz CT molecular complexity index is 186. The van der Waals surface area contributed by atoms with Crippen molar-refractivity contribution in [2.45, 2.75) is 78.6 Å². The number of rotatable bonds is 10. The molecule has 0 aliphatic heterocycles. The molecule has 0 saturated carbocycles. The first-order valence-electron chi connectivity index (χ1n) is 7.13. The van der Waals surface area contributed by atoms with Gasteiger partial charge in [-0.2, -0.15) is 0 Å². The van der Waals surface area contributed by atoms with Crippen molar-refractivity contribution >= 4 is 0 Å². The van der Waals surface area contributed by atoms with Gasteiger partial charge >= 0.3 is 0 Å². The molecular weight excluding hydrogens is 192 g/mol. The van der Waals surface area contributed by atoms with Crippen LogP contribution in [0, 0.1) is 0 Å². The van der Waals surface area contributed by atoms with Gasteiger partial charge in [0.2, 0.25) is 0 Å². The Morgan fingerprint density at radius 1 is 0.812 bits per heavy atom. The van der Waals surface area contributed by atoms with Crippen LogP contribution in [0.2, 0.25) is 0 Å². The molecule has 0 aromatic heterocycles. The van der Waals surface area contributed by atoms with Crippen molar-refractivity contribution < 1.29 is 0 Å². The minimum absolute atomic E-state index is 1.26. The van der Waals surface area contributed by atoms with Crippen molar-refractivity contribution in [2.75, 3.05) is 0 Å². The molecule has 0 N–H and O–H groups in total. The number of unbranched alkanes of at least 4 members (excludes halogenated alkanes) is 7. The molecule has 0 aromatic carbocycles. The van der Waals surface area contributed by atoms with E-state index in [0.717, 1.165) is 0 Å². The average molecular weight is 222 g/mol. The van der Waals surface area contributed by atoms with Gasteiger partial charge in [0.05, 0.1) is 0 Å². The minimum Gasteiger partial charge on any atom is -0.0874 e. The first kappa shape index (κ1) is 15.5. The molecule has 0 spiro atoms. The third kappa shape index (κ3) is 10.0. The molecule has 0 amide bonds. The lowest BCUT2D eigenvalue weighted by atomic mass is 10.0. The van der Waals surface area contributed by atoms with Crippen LogP contribution in [0.4, 0.5) is 0 Å². The predicted molar refractivity (Wildman–Crippen MR) is 75.8 cm³/mol. The van der Waals surface area contributed by atoms with Crippen molar-refractivity contribution in [2.24, 2.45) is 0 Å². The van der Waals surface area contributed by atoms with Crippen molar-refractivity contribution in [1.82, 2.24) is 0 Å². The lowest BCUT2D eigenvalue weighted by Crippen LogP contribution is -1.83. The maximum atomic E-state index is 2.28. The van der Waals surface area contributed by atoms with E-state index < -0.39 is 0 Å². The Hall–Kier alpha value is -0.520. The van der Waals surface area contributed by atoms with Gasteiger partial charge in [0.15, 0.2) is 0 Å². The summed E-state index contributed by atoms with van der Waals surface area (Å²) >= 11 is 0. The highest BCUT2D eigenvalue weighted by atomic mass is 14.0. The van der Waals surface area contributed by atoms with Gasteiger partial charge in [0.1, 0.15) is 0 Å². The first-order valence-corrected chi connectivity index (χ1v) is 7.13. The summed E-state index contributed by atoms with van der Waals surface area (Å²) in [6.45, 7) is 6.51. The fraction of sp³-hybridized carbons (Fsp3) is 0.750. The maximum absolute atomic E-state index is 2.28. The molecule has 0 heterocycles. The quantitative estimate of drug-likeness (QED) is 0.312. The van der Waals surface area contributed by atoms with Gasteiger partial charge in [-0.3, -0.25) is 0 Å². The van der Waals surface area contributed by atoms with Gasteiger partial charge in [0.25, 0.3) is 0 Å². The van der Waals surface area contributed by atoms with Crippen LogP contribution in [0.25, 0.3) is 0 Å².